The molecule has 0 fully saturated rings. The van der Waals surface area contributed by atoms with Crippen molar-refractivity contribution in [2.24, 2.45) is 11.3 Å². The number of carbonyl (C=O) groups excluding carboxylic acids is 2. The van der Waals surface area contributed by atoms with Crippen LogP contribution in [0.25, 0.3) is 0 Å². The summed E-state index contributed by atoms with van der Waals surface area (Å²) in [7, 11) is 0. The van der Waals surface area contributed by atoms with Gasteiger partial charge in [-0.15, -0.1) is 0 Å². The van der Waals surface area contributed by atoms with E-state index in [1.54, 1.807) is 6.92 Å². The van der Waals surface area contributed by atoms with Crippen LogP contribution in [-0.4, -0.2) is 18.5 Å². The summed E-state index contributed by atoms with van der Waals surface area (Å²) in [5.74, 6) is -1.64. The average Bonchev–Trinajstić information content (AvgIpc) is 2.33. The molecular formula is C17H25NO3. The number of anilines is 1. The quantitative estimate of drug-likeness (QED) is 0.682. The largest absolute Gasteiger partial charge is 0.465 e. The third kappa shape index (κ3) is 4.31. The molecule has 0 bridgehead atoms. The van der Waals surface area contributed by atoms with Crippen LogP contribution in [0.3, 0.4) is 0 Å². The Morgan fingerprint density at radius 1 is 1.24 bits per heavy atom. The van der Waals surface area contributed by atoms with Crippen LogP contribution in [0, 0.1) is 25.2 Å². The molecule has 1 unspecified atom stereocenters. The van der Waals surface area contributed by atoms with E-state index in [0.29, 0.717) is 0 Å². The van der Waals surface area contributed by atoms with E-state index in [9.17, 15) is 9.59 Å². The first-order chi connectivity index (χ1) is 9.68. The van der Waals surface area contributed by atoms with E-state index in [-0.39, 0.29) is 12.5 Å². The van der Waals surface area contributed by atoms with E-state index in [1.807, 2.05) is 52.8 Å². The molecule has 0 aliphatic rings. The molecule has 1 amide bonds. The Morgan fingerprint density at radius 3 is 2.38 bits per heavy atom. The number of hydrogen-bond acceptors (Lipinski definition) is 3. The SMILES string of the molecule is CCOC(=O)C(C(=O)Nc1cccc(C)c1C)C(C)(C)C. The van der Waals surface area contributed by atoms with Crippen LogP contribution in [-0.2, 0) is 14.3 Å². The van der Waals surface area contributed by atoms with Crippen molar-refractivity contribution < 1.29 is 14.3 Å². The standard InChI is InChI=1S/C17H25NO3/c1-7-21-16(20)14(17(4,5)6)15(19)18-13-10-8-9-11(2)12(13)3/h8-10,14H,7H2,1-6H3,(H,18,19). The minimum absolute atomic E-state index is 0.266. The Labute approximate surface area is 126 Å². The molecule has 0 aromatic heterocycles. The maximum Gasteiger partial charge on any atom is 0.319 e. The summed E-state index contributed by atoms with van der Waals surface area (Å²) >= 11 is 0. The maximum atomic E-state index is 12.5. The number of benzene rings is 1. The fraction of sp³-hybridized carbons (Fsp3) is 0.529. The first-order valence-electron chi connectivity index (χ1n) is 7.22. The molecule has 0 spiro atoms. The minimum Gasteiger partial charge on any atom is -0.465 e. The van der Waals surface area contributed by atoms with Crippen molar-refractivity contribution in [3.8, 4) is 0 Å². The van der Waals surface area contributed by atoms with Gasteiger partial charge in [0.05, 0.1) is 6.61 Å². The molecule has 0 aliphatic heterocycles. The van der Waals surface area contributed by atoms with Gasteiger partial charge in [0.1, 0.15) is 5.92 Å². The summed E-state index contributed by atoms with van der Waals surface area (Å²) < 4.78 is 5.04. The van der Waals surface area contributed by atoms with E-state index < -0.39 is 17.3 Å². The lowest BCUT2D eigenvalue weighted by molar-refractivity contribution is -0.155. The molecule has 116 valence electrons. The van der Waals surface area contributed by atoms with E-state index >= 15 is 0 Å². The van der Waals surface area contributed by atoms with Crippen LogP contribution in [0.4, 0.5) is 5.69 Å². The molecule has 0 heterocycles. The van der Waals surface area contributed by atoms with Crippen LogP contribution in [0.15, 0.2) is 18.2 Å². The zero-order chi connectivity index (χ0) is 16.2. The molecule has 4 heteroatoms. The zero-order valence-electron chi connectivity index (χ0n) is 13.7. The molecule has 0 radical (unpaired) electrons. The van der Waals surface area contributed by atoms with Gasteiger partial charge >= 0.3 is 5.97 Å². The Hall–Kier alpha value is -1.84. The average molecular weight is 291 g/mol. The summed E-state index contributed by atoms with van der Waals surface area (Å²) in [6.45, 7) is 11.5. The number of hydrogen-bond donors (Lipinski definition) is 1. The summed E-state index contributed by atoms with van der Waals surface area (Å²) in [4.78, 5) is 24.6. The fourth-order valence-electron chi connectivity index (χ4n) is 2.17. The minimum atomic E-state index is -0.836. The van der Waals surface area contributed by atoms with Crippen molar-refractivity contribution >= 4 is 17.6 Å². The molecule has 0 saturated heterocycles. The first kappa shape index (κ1) is 17.2. The highest BCUT2D eigenvalue weighted by molar-refractivity contribution is 6.05. The number of ether oxygens (including phenoxy) is 1. The summed E-state index contributed by atoms with van der Waals surface area (Å²) in [6, 6.07) is 5.71. The second-order valence-corrected chi connectivity index (χ2v) is 6.29. The number of rotatable bonds is 4. The van der Waals surface area contributed by atoms with Crippen molar-refractivity contribution in [1.29, 1.82) is 0 Å². The fourth-order valence-corrected chi connectivity index (χ4v) is 2.17. The maximum absolute atomic E-state index is 12.5. The molecule has 1 aromatic rings. The zero-order valence-corrected chi connectivity index (χ0v) is 13.7. The van der Waals surface area contributed by atoms with Crippen molar-refractivity contribution in [2.75, 3.05) is 11.9 Å². The van der Waals surface area contributed by atoms with Gasteiger partial charge in [0, 0.05) is 5.69 Å². The van der Waals surface area contributed by atoms with E-state index in [2.05, 4.69) is 5.32 Å². The van der Waals surface area contributed by atoms with E-state index in [4.69, 9.17) is 4.74 Å². The first-order valence-corrected chi connectivity index (χ1v) is 7.22. The predicted molar refractivity (Wildman–Crippen MR) is 84.1 cm³/mol. The normalized spacial score (nSPS) is 12.7. The number of nitrogens with one attached hydrogen (secondary N) is 1. The lowest BCUT2D eigenvalue weighted by Gasteiger charge is -2.28. The van der Waals surface area contributed by atoms with Gasteiger partial charge in [0.15, 0.2) is 0 Å². The lowest BCUT2D eigenvalue weighted by Crippen LogP contribution is -2.40. The van der Waals surface area contributed by atoms with Gasteiger partial charge in [-0.3, -0.25) is 9.59 Å². The molecule has 1 N–H and O–H groups in total. The summed E-state index contributed by atoms with van der Waals surface area (Å²) in [5, 5.41) is 2.86. The molecule has 1 atom stereocenters. The number of amides is 1. The third-order valence-corrected chi connectivity index (χ3v) is 3.51. The van der Waals surface area contributed by atoms with Crippen molar-refractivity contribution in [1.82, 2.24) is 0 Å². The molecule has 21 heavy (non-hydrogen) atoms. The monoisotopic (exact) mass is 291 g/mol. The Balaban J connectivity index is 3.02. The molecule has 0 aliphatic carbocycles. The van der Waals surface area contributed by atoms with Gasteiger partial charge in [-0.25, -0.2) is 0 Å². The Kier molecular flexibility index (Phi) is 5.53. The van der Waals surface area contributed by atoms with Gasteiger partial charge in [-0.1, -0.05) is 32.9 Å². The van der Waals surface area contributed by atoms with Crippen molar-refractivity contribution in [2.45, 2.75) is 41.5 Å². The Morgan fingerprint density at radius 2 is 1.86 bits per heavy atom. The molecule has 4 nitrogen and oxygen atoms in total. The van der Waals surface area contributed by atoms with Crippen LogP contribution in [0.2, 0.25) is 0 Å². The Bertz CT molecular complexity index is 529. The highest BCUT2D eigenvalue weighted by Gasteiger charge is 2.39. The smallest absolute Gasteiger partial charge is 0.319 e. The van der Waals surface area contributed by atoms with Gasteiger partial charge < -0.3 is 10.1 Å². The molecule has 1 aromatic carbocycles. The van der Waals surface area contributed by atoms with E-state index in [0.717, 1.165) is 16.8 Å². The number of carbonyl (C=O) groups is 2. The summed E-state index contributed by atoms with van der Waals surface area (Å²) in [5.41, 5.74) is 2.32. The van der Waals surface area contributed by atoms with Gasteiger partial charge in [-0.2, -0.15) is 0 Å². The molecular weight excluding hydrogens is 266 g/mol. The van der Waals surface area contributed by atoms with Crippen LogP contribution < -0.4 is 5.32 Å². The number of aryl methyl sites for hydroxylation is 1. The summed E-state index contributed by atoms with van der Waals surface area (Å²) in [6.07, 6.45) is 0. The van der Waals surface area contributed by atoms with Crippen LogP contribution in [0.5, 0.6) is 0 Å². The van der Waals surface area contributed by atoms with Crippen molar-refractivity contribution in [3.05, 3.63) is 29.3 Å². The van der Waals surface area contributed by atoms with Gasteiger partial charge in [0.25, 0.3) is 0 Å². The van der Waals surface area contributed by atoms with E-state index in [1.165, 1.54) is 0 Å². The van der Waals surface area contributed by atoms with Gasteiger partial charge in [0.2, 0.25) is 5.91 Å². The second-order valence-electron chi connectivity index (χ2n) is 6.29. The molecule has 0 saturated carbocycles. The van der Waals surface area contributed by atoms with Crippen molar-refractivity contribution in [3.63, 3.8) is 0 Å². The highest BCUT2D eigenvalue weighted by atomic mass is 16.5. The van der Waals surface area contributed by atoms with Gasteiger partial charge in [-0.05, 0) is 43.4 Å². The lowest BCUT2D eigenvalue weighted by atomic mass is 9.80. The predicted octanol–water partition coefficient (Wildman–Crippen LogP) is 3.47. The highest BCUT2D eigenvalue weighted by Crippen LogP contribution is 2.29. The second kappa shape index (κ2) is 6.74. The topological polar surface area (TPSA) is 55.4 Å². The molecule has 1 rings (SSSR count). The van der Waals surface area contributed by atoms with Crippen LogP contribution >= 0.6 is 0 Å². The number of esters is 1. The van der Waals surface area contributed by atoms with Crippen LogP contribution in [0.1, 0.15) is 38.8 Å². The third-order valence-electron chi connectivity index (χ3n) is 3.51.